The Kier molecular flexibility index (Phi) is 5.17. The zero-order valence-electron chi connectivity index (χ0n) is 12.5. The predicted molar refractivity (Wildman–Crippen MR) is 84.9 cm³/mol. The number of benzene rings is 1. The summed E-state index contributed by atoms with van der Waals surface area (Å²) in [5.74, 6) is 3.34. The normalized spacial score (nSPS) is 20.2. The number of methoxy groups -OCH3 is 2. The van der Waals surface area contributed by atoms with Crippen LogP contribution in [0.4, 0.5) is 0 Å². The number of thioether (sulfide) groups is 1. The number of hydrogen-bond donors (Lipinski definition) is 1. The van der Waals surface area contributed by atoms with Gasteiger partial charge in [-0.1, -0.05) is 25.6 Å². The van der Waals surface area contributed by atoms with E-state index >= 15 is 0 Å². The van der Waals surface area contributed by atoms with E-state index in [2.05, 4.69) is 24.2 Å². The largest absolute Gasteiger partial charge is 0.497 e. The third kappa shape index (κ3) is 3.60. The monoisotopic (exact) mass is 294 g/mol. The first-order chi connectivity index (χ1) is 9.63. The van der Waals surface area contributed by atoms with Crippen molar-refractivity contribution in [2.75, 3.05) is 20.0 Å². The van der Waals surface area contributed by atoms with Crippen molar-refractivity contribution in [1.82, 2.24) is 5.32 Å². The van der Waals surface area contributed by atoms with E-state index in [1.54, 1.807) is 26.0 Å². The SMILES string of the molecule is COc1ccc(CN=C2N[C@@H](C(C)C)CS2)c(OC)c1. The highest BCUT2D eigenvalue weighted by atomic mass is 32.2. The minimum Gasteiger partial charge on any atom is -0.497 e. The molecule has 1 aliphatic rings. The summed E-state index contributed by atoms with van der Waals surface area (Å²) >= 11 is 1.79. The maximum absolute atomic E-state index is 5.39. The smallest absolute Gasteiger partial charge is 0.157 e. The lowest BCUT2D eigenvalue weighted by Crippen LogP contribution is -2.31. The fraction of sp³-hybridized carbons (Fsp3) is 0.533. The molecule has 2 rings (SSSR count). The molecule has 20 heavy (non-hydrogen) atoms. The molecule has 4 nitrogen and oxygen atoms in total. The van der Waals surface area contributed by atoms with Crippen molar-refractivity contribution in [2.45, 2.75) is 26.4 Å². The lowest BCUT2D eigenvalue weighted by Gasteiger charge is -2.13. The number of amidine groups is 1. The maximum atomic E-state index is 5.39. The zero-order valence-corrected chi connectivity index (χ0v) is 13.3. The first kappa shape index (κ1) is 15.0. The van der Waals surface area contributed by atoms with Gasteiger partial charge in [0.2, 0.25) is 0 Å². The van der Waals surface area contributed by atoms with Crippen molar-refractivity contribution in [1.29, 1.82) is 0 Å². The molecule has 0 aliphatic carbocycles. The summed E-state index contributed by atoms with van der Waals surface area (Å²) < 4.78 is 10.6. The maximum Gasteiger partial charge on any atom is 0.157 e. The van der Waals surface area contributed by atoms with Crippen molar-refractivity contribution in [3.05, 3.63) is 23.8 Å². The van der Waals surface area contributed by atoms with Crippen LogP contribution in [0.5, 0.6) is 11.5 Å². The standard InChI is InChI=1S/C15H22N2O2S/c1-10(2)13-9-20-15(17-13)16-8-11-5-6-12(18-3)7-14(11)19-4/h5-7,10,13H,8-9H2,1-4H3,(H,16,17)/t13-/m1/s1. The number of hydrogen-bond acceptors (Lipinski definition) is 4. The van der Waals surface area contributed by atoms with Gasteiger partial charge >= 0.3 is 0 Å². The molecule has 0 unspecified atom stereocenters. The summed E-state index contributed by atoms with van der Waals surface area (Å²) in [4.78, 5) is 4.64. The molecule has 1 heterocycles. The second-order valence-corrected chi connectivity index (χ2v) is 6.11. The van der Waals surface area contributed by atoms with Crippen LogP contribution in [0.2, 0.25) is 0 Å². The van der Waals surface area contributed by atoms with Gasteiger partial charge in [0.05, 0.1) is 20.8 Å². The third-order valence-corrected chi connectivity index (χ3v) is 4.45. The van der Waals surface area contributed by atoms with E-state index in [4.69, 9.17) is 9.47 Å². The molecule has 0 aromatic heterocycles. The van der Waals surface area contributed by atoms with E-state index in [0.717, 1.165) is 28.0 Å². The van der Waals surface area contributed by atoms with Crippen LogP contribution in [0.1, 0.15) is 19.4 Å². The molecular weight excluding hydrogens is 272 g/mol. The van der Waals surface area contributed by atoms with Crippen molar-refractivity contribution < 1.29 is 9.47 Å². The molecule has 0 radical (unpaired) electrons. The topological polar surface area (TPSA) is 42.8 Å². The number of rotatable bonds is 5. The molecule has 0 saturated carbocycles. The first-order valence-electron chi connectivity index (χ1n) is 6.78. The van der Waals surface area contributed by atoms with Crippen LogP contribution < -0.4 is 14.8 Å². The van der Waals surface area contributed by atoms with E-state index in [9.17, 15) is 0 Å². The van der Waals surface area contributed by atoms with Gasteiger partial charge in [0.1, 0.15) is 11.5 Å². The minimum atomic E-state index is 0.525. The van der Waals surface area contributed by atoms with E-state index in [0.29, 0.717) is 18.5 Å². The van der Waals surface area contributed by atoms with E-state index in [-0.39, 0.29) is 0 Å². The van der Waals surface area contributed by atoms with E-state index < -0.39 is 0 Å². The first-order valence-corrected chi connectivity index (χ1v) is 7.77. The molecule has 1 aromatic rings. The van der Waals surface area contributed by atoms with Crippen LogP contribution in [-0.4, -0.2) is 31.2 Å². The quantitative estimate of drug-likeness (QED) is 0.907. The van der Waals surface area contributed by atoms with Crippen LogP contribution in [-0.2, 0) is 6.54 Å². The Labute approximate surface area is 125 Å². The van der Waals surface area contributed by atoms with Crippen molar-refractivity contribution in [3.63, 3.8) is 0 Å². The fourth-order valence-corrected chi connectivity index (χ4v) is 3.20. The van der Waals surface area contributed by atoms with Gasteiger partial charge in [0.25, 0.3) is 0 Å². The van der Waals surface area contributed by atoms with Gasteiger partial charge in [-0.25, -0.2) is 0 Å². The molecule has 1 saturated heterocycles. The fourth-order valence-electron chi connectivity index (χ4n) is 2.00. The summed E-state index contributed by atoms with van der Waals surface area (Å²) in [6.45, 7) is 5.08. The molecule has 0 spiro atoms. The Hall–Kier alpha value is -1.36. The molecular formula is C15H22N2O2S. The molecule has 1 atom stereocenters. The minimum absolute atomic E-state index is 0.525. The van der Waals surface area contributed by atoms with Crippen molar-refractivity contribution in [2.24, 2.45) is 10.9 Å². The highest BCUT2D eigenvalue weighted by Gasteiger charge is 2.22. The second kappa shape index (κ2) is 6.88. The summed E-state index contributed by atoms with van der Waals surface area (Å²) in [6.07, 6.45) is 0. The van der Waals surface area contributed by atoms with Gasteiger partial charge in [-0.05, 0) is 18.1 Å². The molecule has 0 bridgehead atoms. The molecule has 1 aromatic carbocycles. The third-order valence-electron chi connectivity index (χ3n) is 3.40. The molecule has 0 amide bonds. The summed E-state index contributed by atoms with van der Waals surface area (Å²) in [6, 6.07) is 6.35. The van der Waals surface area contributed by atoms with Gasteiger partial charge < -0.3 is 14.8 Å². The number of ether oxygens (including phenoxy) is 2. The summed E-state index contributed by atoms with van der Waals surface area (Å²) in [5, 5.41) is 4.50. The van der Waals surface area contributed by atoms with E-state index in [1.807, 2.05) is 18.2 Å². The summed E-state index contributed by atoms with van der Waals surface area (Å²) in [7, 11) is 3.32. The number of aliphatic imine (C=N–C) groups is 1. The Balaban J connectivity index is 2.04. The molecule has 1 aliphatic heterocycles. The van der Waals surface area contributed by atoms with Crippen molar-refractivity contribution >= 4 is 16.9 Å². The van der Waals surface area contributed by atoms with Crippen molar-refractivity contribution in [3.8, 4) is 11.5 Å². The van der Waals surface area contributed by atoms with Crippen LogP contribution in [0.3, 0.4) is 0 Å². The van der Waals surface area contributed by atoms with Crippen LogP contribution in [0.25, 0.3) is 0 Å². The average molecular weight is 294 g/mol. The molecule has 5 heteroatoms. The van der Waals surface area contributed by atoms with Crippen LogP contribution in [0, 0.1) is 5.92 Å². The van der Waals surface area contributed by atoms with Crippen LogP contribution in [0.15, 0.2) is 23.2 Å². The zero-order chi connectivity index (χ0) is 14.5. The predicted octanol–water partition coefficient (Wildman–Crippen LogP) is 2.92. The lowest BCUT2D eigenvalue weighted by atomic mass is 10.1. The van der Waals surface area contributed by atoms with Gasteiger partial charge in [0.15, 0.2) is 5.17 Å². The van der Waals surface area contributed by atoms with Gasteiger partial charge in [-0.15, -0.1) is 0 Å². The Bertz CT molecular complexity index is 489. The summed E-state index contributed by atoms with van der Waals surface area (Å²) in [5.41, 5.74) is 1.07. The second-order valence-electron chi connectivity index (χ2n) is 5.11. The Morgan fingerprint density at radius 1 is 1.35 bits per heavy atom. The molecule has 1 fully saturated rings. The average Bonchev–Trinajstić information content (AvgIpc) is 2.94. The van der Waals surface area contributed by atoms with Gasteiger partial charge in [-0.2, -0.15) is 0 Å². The highest BCUT2D eigenvalue weighted by molar-refractivity contribution is 8.14. The molecule has 110 valence electrons. The lowest BCUT2D eigenvalue weighted by molar-refractivity contribution is 0.391. The number of nitrogens with one attached hydrogen (secondary N) is 1. The van der Waals surface area contributed by atoms with Gasteiger partial charge in [-0.3, -0.25) is 4.99 Å². The highest BCUT2D eigenvalue weighted by Crippen LogP contribution is 2.26. The Morgan fingerprint density at radius 2 is 2.15 bits per heavy atom. The van der Waals surface area contributed by atoms with E-state index in [1.165, 1.54) is 0 Å². The van der Waals surface area contributed by atoms with Crippen LogP contribution >= 0.6 is 11.8 Å². The number of nitrogens with zero attached hydrogens (tertiary/aromatic N) is 1. The molecule has 1 N–H and O–H groups in total. The Morgan fingerprint density at radius 3 is 2.75 bits per heavy atom. The van der Waals surface area contributed by atoms with Gasteiger partial charge in [0, 0.05) is 23.4 Å².